The normalized spacial score (nSPS) is 20.9. The average molecular weight is 618 g/mol. The molecule has 1 fully saturated rings. The fourth-order valence-electron chi connectivity index (χ4n) is 4.06. The summed E-state index contributed by atoms with van der Waals surface area (Å²) in [5, 5.41) is 29.1. The van der Waals surface area contributed by atoms with Gasteiger partial charge in [0.05, 0.1) is 27.5 Å². The number of benzene rings is 1. The van der Waals surface area contributed by atoms with Crippen LogP contribution in [0.5, 0.6) is 0 Å². The zero-order valence-corrected chi connectivity index (χ0v) is 22.5. The van der Waals surface area contributed by atoms with Crippen LogP contribution in [0.3, 0.4) is 0 Å². The summed E-state index contributed by atoms with van der Waals surface area (Å²) in [6, 6.07) is 8.41. The molecule has 10 nitrogen and oxygen atoms in total. The summed E-state index contributed by atoms with van der Waals surface area (Å²) in [6.45, 7) is -0.246. The highest BCUT2D eigenvalue weighted by atomic mass is 79.9. The van der Waals surface area contributed by atoms with E-state index in [0.717, 1.165) is 15.8 Å². The summed E-state index contributed by atoms with van der Waals surface area (Å²) in [7, 11) is -4.11. The van der Waals surface area contributed by atoms with Crippen molar-refractivity contribution in [1.29, 1.82) is 0 Å². The van der Waals surface area contributed by atoms with Crippen LogP contribution in [0.15, 0.2) is 47.3 Å². The highest BCUT2D eigenvalue weighted by Gasteiger charge is 2.35. The van der Waals surface area contributed by atoms with Crippen molar-refractivity contribution in [1.82, 2.24) is 9.97 Å². The van der Waals surface area contributed by atoms with Crippen LogP contribution in [0.2, 0.25) is 4.34 Å². The van der Waals surface area contributed by atoms with Crippen molar-refractivity contribution in [2.24, 2.45) is 11.1 Å². The zero-order chi connectivity index (χ0) is 26.0. The molecule has 36 heavy (non-hydrogen) atoms. The first-order chi connectivity index (χ1) is 17.0. The number of carbonyl (C=O) groups excluding carboxylic acids is 1. The van der Waals surface area contributed by atoms with Crippen molar-refractivity contribution < 1.29 is 27.6 Å². The Balaban J connectivity index is 1.51. The number of hydrogen-bond donors (Lipinski definition) is 4. The number of nitrogens with two attached hydrogens (primary N) is 1. The Hall–Kier alpha value is -1.97. The molecular formula is C22H22BrClN4O6S2. The lowest BCUT2D eigenvalue weighted by Gasteiger charge is -2.15. The smallest absolute Gasteiger partial charge is 0.333 e. The topological polar surface area (TPSA) is 165 Å². The van der Waals surface area contributed by atoms with Gasteiger partial charge in [-0.25, -0.2) is 15.1 Å². The fraction of sp³-hybridized carbons (Fsp3) is 0.318. The second-order valence-electron chi connectivity index (χ2n) is 8.33. The number of aliphatic hydroxyl groups is 2. The van der Waals surface area contributed by atoms with Gasteiger partial charge in [0.25, 0.3) is 0 Å². The van der Waals surface area contributed by atoms with Crippen molar-refractivity contribution in [3.8, 4) is 0 Å². The predicted molar refractivity (Wildman–Crippen MR) is 138 cm³/mol. The number of nitrogens with one attached hydrogen (secondary N) is 1. The van der Waals surface area contributed by atoms with Crippen LogP contribution in [0.4, 0.5) is 5.82 Å². The summed E-state index contributed by atoms with van der Waals surface area (Å²) in [4.78, 5) is 21.8. The first-order valence-corrected chi connectivity index (χ1v) is 14.2. The number of aromatic nitrogens is 2. The minimum Gasteiger partial charge on any atom is -0.393 e. The Morgan fingerprint density at radius 2 is 2.14 bits per heavy atom. The molecule has 0 bridgehead atoms. The summed E-state index contributed by atoms with van der Waals surface area (Å²) in [5.41, 5.74) is 1.22. The van der Waals surface area contributed by atoms with Gasteiger partial charge in [-0.2, -0.15) is 8.42 Å². The minimum absolute atomic E-state index is 0.192. The van der Waals surface area contributed by atoms with E-state index >= 15 is 0 Å². The number of rotatable bonds is 9. The molecule has 4 rings (SSSR count). The Morgan fingerprint density at radius 1 is 1.36 bits per heavy atom. The second kappa shape index (κ2) is 11.2. The van der Waals surface area contributed by atoms with E-state index in [1.807, 2.05) is 6.07 Å². The van der Waals surface area contributed by atoms with E-state index in [4.69, 9.17) is 16.7 Å². The van der Waals surface area contributed by atoms with Gasteiger partial charge in [-0.1, -0.05) is 39.7 Å². The Morgan fingerprint density at radius 3 is 2.86 bits per heavy atom. The molecule has 1 saturated carbocycles. The molecule has 5 N–H and O–H groups in total. The molecule has 2 aromatic heterocycles. The average Bonchev–Trinajstić information content (AvgIpc) is 3.38. The van der Waals surface area contributed by atoms with Gasteiger partial charge >= 0.3 is 10.3 Å². The van der Waals surface area contributed by atoms with Crippen LogP contribution in [0.25, 0.3) is 0 Å². The van der Waals surface area contributed by atoms with Gasteiger partial charge in [-0.3, -0.25) is 8.98 Å². The largest absolute Gasteiger partial charge is 0.393 e. The van der Waals surface area contributed by atoms with Crippen molar-refractivity contribution in [3.05, 3.63) is 73.2 Å². The molecule has 192 valence electrons. The number of ketones is 1. The monoisotopic (exact) mass is 616 g/mol. The first-order valence-electron chi connectivity index (χ1n) is 10.7. The summed E-state index contributed by atoms with van der Waals surface area (Å²) in [5.74, 6) is -0.579. The quantitative estimate of drug-likeness (QED) is 0.264. The third-order valence-electron chi connectivity index (χ3n) is 5.80. The summed E-state index contributed by atoms with van der Waals surface area (Å²) < 4.78 is 27.8. The van der Waals surface area contributed by atoms with Crippen LogP contribution in [-0.4, -0.2) is 53.1 Å². The van der Waals surface area contributed by atoms with Gasteiger partial charge in [0.2, 0.25) is 5.78 Å². The van der Waals surface area contributed by atoms with E-state index in [1.165, 1.54) is 12.5 Å². The molecule has 4 atom stereocenters. The predicted octanol–water partition coefficient (Wildman–Crippen LogP) is 3.04. The molecule has 1 unspecified atom stereocenters. The lowest BCUT2D eigenvalue weighted by atomic mass is 10.0. The Labute approximate surface area is 224 Å². The Kier molecular flexibility index (Phi) is 8.42. The van der Waals surface area contributed by atoms with E-state index in [9.17, 15) is 23.4 Å². The van der Waals surface area contributed by atoms with Gasteiger partial charge < -0.3 is 15.5 Å². The van der Waals surface area contributed by atoms with Crippen LogP contribution in [0.1, 0.15) is 45.3 Å². The van der Waals surface area contributed by atoms with Gasteiger partial charge in [0, 0.05) is 28.2 Å². The van der Waals surface area contributed by atoms with Crippen molar-refractivity contribution in [2.45, 2.75) is 31.1 Å². The third kappa shape index (κ3) is 6.47. The minimum atomic E-state index is -4.11. The van der Waals surface area contributed by atoms with Crippen molar-refractivity contribution in [2.75, 3.05) is 11.9 Å². The van der Waals surface area contributed by atoms with Crippen LogP contribution in [0, 0.1) is 5.92 Å². The van der Waals surface area contributed by atoms with E-state index in [-0.39, 0.29) is 34.1 Å². The van der Waals surface area contributed by atoms with E-state index in [2.05, 4.69) is 35.4 Å². The summed E-state index contributed by atoms with van der Waals surface area (Å²) >= 11 is 10.8. The van der Waals surface area contributed by atoms with Gasteiger partial charge in [0.1, 0.15) is 18.2 Å². The number of halogens is 2. The van der Waals surface area contributed by atoms with Gasteiger partial charge in [-0.15, -0.1) is 11.3 Å². The number of hydrogen-bond acceptors (Lipinski definition) is 10. The maximum Gasteiger partial charge on any atom is 0.333 e. The lowest BCUT2D eigenvalue weighted by molar-refractivity contribution is 0.101. The lowest BCUT2D eigenvalue weighted by Crippen LogP contribution is -2.24. The van der Waals surface area contributed by atoms with Crippen molar-refractivity contribution in [3.63, 3.8) is 0 Å². The molecule has 3 aromatic rings. The molecule has 1 aliphatic rings. The van der Waals surface area contributed by atoms with Crippen LogP contribution < -0.4 is 10.5 Å². The van der Waals surface area contributed by atoms with Crippen LogP contribution in [-0.2, 0) is 14.5 Å². The number of aliphatic hydroxyl groups excluding tert-OH is 2. The number of thiophene rings is 1. The molecule has 0 radical (unpaired) electrons. The Bertz CT molecular complexity index is 1370. The second-order valence-corrected chi connectivity index (χ2v) is 12.1. The molecule has 0 saturated heterocycles. The molecular weight excluding hydrogens is 596 g/mol. The van der Waals surface area contributed by atoms with E-state index < -0.39 is 28.4 Å². The molecule has 1 aromatic carbocycles. The van der Waals surface area contributed by atoms with Crippen LogP contribution >= 0.6 is 38.9 Å². The number of nitrogens with zero attached hydrogens (tertiary/aromatic N) is 2. The maximum atomic E-state index is 13.4. The zero-order valence-electron chi connectivity index (χ0n) is 18.5. The number of carbonyl (C=O) groups is 1. The molecule has 14 heteroatoms. The maximum absolute atomic E-state index is 13.4. The molecule has 0 amide bonds. The highest BCUT2D eigenvalue weighted by molar-refractivity contribution is 9.10. The SMILES string of the molecule is NS(=O)(=O)OC[C@H]1CC(Nc2ncncc2C(=O)c2cc([C@@H](O)c3cccc(Br)c3)c(Cl)s2)C[C@@H]1O. The van der Waals surface area contributed by atoms with E-state index in [0.29, 0.717) is 28.8 Å². The third-order valence-corrected chi connectivity index (χ3v) is 8.14. The van der Waals surface area contributed by atoms with Gasteiger partial charge in [-0.05, 0) is 36.6 Å². The standard InChI is InChI=1S/C22H22BrClN4O6S2/c23-13-3-1-2-11(4-13)19(30)15-7-18(35-21(15)24)20(31)16-8-26-10-27-22(16)28-14-5-12(17(29)6-14)9-34-36(25,32)33/h1-4,7-8,10,12,14,17,19,29-30H,5-6,9H2,(H2,25,32,33)(H,26,27,28)/t12-,14?,17+,19+/m1/s1. The number of anilines is 1. The highest BCUT2D eigenvalue weighted by Crippen LogP contribution is 2.37. The molecule has 2 heterocycles. The van der Waals surface area contributed by atoms with Crippen molar-refractivity contribution >= 4 is 60.8 Å². The molecule has 1 aliphatic carbocycles. The first kappa shape index (κ1) is 27.1. The fourth-order valence-corrected chi connectivity index (χ4v) is 6.11. The van der Waals surface area contributed by atoms with Gasteiger partial charge in [0.15, 0.2) is 0 Å². The molecule has 0 spiro atoms. The molecule has 0 aliphatic heterocycles. The summed E-state index contributed by atoms with van der Waals surface area (Å²) in [6.07, 6.45) is 1.50. The van der Waals surface area contributed by atoms with E-state index in [1.54, 1.807) is 24.3 Å².